The number of anilines is 3. The number of fused-ring (bicyclic) bond motifs is 1. The molecule has 0 aliphatic carbocycles. The molecule has 3 N–H and O–H groups in total. The lowest BCUT2D eigenvalue weighted by Gasteiger charge is -2.13. The van der Waals surface area contributed by atoms with E-state index in [1.807, 2.05) is 38.1 Å². The Morgan fingerprint density at radius 3 is 2.59 bits per heavy atom. The first-order valence-corrected chi connectivity index (χ1v) is 10.6. The van der Waals surface area contributed by atoms with Crippen LogP contribution < -0.4 is 16.0 Å². The average molecular weight is 415 g/mol. The van der Waals surface area contributed by atoms with Crippen molar-refractivity contribution in [3.8, 4) is 0 Å². The van der Waals surface area contributed by atoms with Crippen LogP contribution in [0.25, 0.3) is 5.78 Å². The molecule has 10 heteroatoms. The second-order valence-electron chi connectivity index (χ2n) is 6.63. The SMILES string of the molecule is CCNc1nc(NCC)n2c(SCC(=O)Nc3ccccc3C(C)C)nnc2n1. The molecule has 0 spiro atoms. The maximum Gasteiger partial charge on any atom is 0.261 e. The Morgan fingerprint density at radius 1 is 1.10 bits per heavy atom. The van der Waals surface area contributed by atoms with Gasteiger partial charge in [0.25, 0.3) is 5.78 Å². The van der Waals surface area contributed by atoms with Crippen LogP contribution >= 0.6 is 11.8 Å². The highest BCUT2D eigenvalue weighted by Crippen LogP contribution is 2.25. The van der Waals surface area contributed by atoms with E-state index in [-0.39, 0.29) is 11.7 Å². The Hall–Kier alpha value is -2.88. The predicted molar refractivity (Wildman–Crippen MR) is 117 cm³/mol. The molecule has 3 rings (SSSR count). The number of benzene rings is 1. The van der Waals surface area contributed by atoms with Crippen molar-refractivity contribution in [3.05, 3.63) is 29.8 Å². The largest absolute Gasteiger partial charge is 0.355 e. The van der Waals surface area contributed by atoms with Crippen LogP contribution in [0.5, 0.6) is 0 Å². The summed E-state index contributed by atoms with van der Waals surface area (Å²) in [7, 11) is 0. The van der Waals surface area contributed by atoms with Gasteiger partial charge >= 0.3 is 0 Å². The van der Waals surface area contributed by atoms with Gasteiger partial charge in [0.1, 0.15) is 0 Å². The number of aromatic nitrogens is 5. The lowest BCUT2D eigenvalue weighted by atomic mass is 10.0. The van der Waals surface area contributed by atoms with Gasteiger partial charge in [-0.3, -0.25) is 4.79 Å². The van der Waals surface area contributed by atoms with Gasteiger partial charge in [-0.25, -0.2) is 4.40 Å². The highest BCUT2D eigenvalue weighted by atomic mass is 32.2. The molecule has 1 aromatic carbocycles. The number of carbonyl (C=O) groups is 1. The van der Waals surface area contributed by atoms with Gasteiger partial charge in [0.15, 0.2) is 5.16 Å². The molecule has 29 heavy (non-hydrogen) atoms. The standard InChI is InChI=1S/C19H26N8OS/c1-5-20-16-23-17(21-6-2)27-18(24-16)25-26-19(27)29-11-15(28)22-14-10-8-7-9-13(14)12(3)4/h7-10,12H,5-6,11H2,1-4H3,(H,22,28)(H2,20,21,23,24,25). The van der Waals surface area contributed by atoms with E-state index in [9.17, 15) is 4.79 Å². The first kappa shape index (κ1) is 20.8. The van der Waals surface area contributed by atoms with Crippen LogP contribution in [0.4, 0.5) is 17.6 Å². The number of nitrogens with one attached hydrogen (secondary N) is 3. The Bertz CT molecular complexity index is 987. The molecule has 1 amide bonds. The normalized spacial score (nSPS) is 11.1. The second kappa shape index (κ2) is 9.55. The Morgan fingerprint density at radius 2 is 1.86 bits per heavy atom. The molecule has 0 aliphatic heterocycles. The summed E-state index contributed by atoms with van der Waals surface area (Å²) in [6.07, 6.45) is 0. The molecular weight excluding hydrogens is 388 g/mol. The number of para-hydroxylation sites is 1. The Labute approximate surface area is 174 Å². The summed E-state index contributed by atoms with van der Waals surface area (Å²) in [6.45, 7) is 9.55. The molecule has 0 atom stereocenters. The highest BCUT2D eigenvalue weighted by Gasteiger charge is 2.16. The fourth-order valence-corrected chi connectivity index (χ4v) is 3.56. The van der Waals surface area contributed by atoms with Gasteiger partial charge in [0.2, 0.25) is 17.8 Å². The molecule has 0 saturated carbocycles. The quantitative estimate of drug-likeness (QED) is 0.458. The number of amides is 1. The fraction of sp³-hybridized carbons (Fsp3) is 0.421. The van der Waals surface area contributed by atoms with E-state index in [0.29, 0.717) is 41.8 Å². The summed E-state index contributed by atoms with van der Waals surface area (Å²) < 4.78 is 1.73. The lowest BCUT2D eigenvalue weighted by Crippen LogP contribution is -2.16. The van der Waals surface area contributed by atoms with Gasteiger partial charge in [0, 0.05) is 18.8 Å². The van der Waals surface area contributed by atoms with E-state index in [1.54, 1.807) is 4.40 Å². The first-order valence-electron chi connectivity index (χ1n) is 9.65. The number of thioether (sulfide) groups is 1. The molecule has 154 valence electrons. The summed E-state index contributed by atoms with van der Waals surface area (Å²) in [4.78, 5) is 21.4. The average Bonchev–Trinajstić information content (AvgIpc) is 3.10. The minimum absolute atomic E-state index is 0.102. The zero-order chi connectivity index (χ0) is 20.8. The smallest absolute Gasteiger partial charge is 0.261 e. The summed E-state index contributed by atoms with van der Waals surface area (Å²) in [6, 6.07) is 7.85. The molecule has 0 radical (unpaired) electrons. The summed E-state index contributed by atoms with van der Waals surface area (Å²) in [5.74, 6) is 1.93. The van der Waals surface area contributed by atoms with Gasteiger partial charge in [-0.2, -0.15) is 9.97 Å². The lowest BCUT2D eigenvalue weighted by molar-refractivity contribution is -0.113. The Kier molecular flexibility index (Phi) is 6.86. The van der Waals surface area contributed by atoms with Crippen LogP contribution in [0.15, 0.2) is 29.4 Å². The topological polar surface area (TPSA) is 109 Å². The van der Waals surface area contributed by atoms with Crippen molar-refractivity contribution in [2.24, 2.45) is 0 Å². The van der Waals surface area contributed by atoms with Crippen molar-refractivity contribution in [2.75, 3.05) is 34.8 Å². The van der Waals surface area contributed by atoms with Crippen LogP contribution in [-0.4, -0.2) is 49.3 Å². The minimum atomic E-state index is -0.102. The Balaban J connectivity index is 1.76. The number of hydrogen-bond acceptors (Lipinski definition) is 8. The van der Waals surface area contributed by atoms with Crippen LogP contribution in [0.1, 0.15) is 39.2 Å². The van der Waals surface area contributed by atoms with E-state index in [1.165, 1.54) is 11.8 Å². The third-order valence-corrected chi connectivity index (χ3v) is 5.03. The number of hydrogen-bond donors (Lipinski definition) is 3. The fourth-order valence-electron chi connectivity index (χ4n) is 2.83. The van der Waals surface area contributed by atoms with Crippen LogP contribution in [0.3, 0.4) is 0 Å². The third kappa shape index (κ3) is 4.94. The molecule has 9 nitrogen and oxygen atoms in total. The molecule has 0 unspecified atom stereocenters. The molecule has 3 aromatic rings. The van der Waals surface area contributed by atoms with Gasteiger partial charge in [-0.1, -0.05) is 43.8 Å². The van der Waals surface area contributed by atoms with Crippen molar-refractivity contribution in [3.63, 3.8) is 0 Å². The molecule has 0 fully saturated rings. The van der Waals surface area contributed by atoms with Crippen LogP contribution in [0, 0.1) is 0 Å². The number of carbonyl (C=O) groups excluding carboxylic acids is 1. The maximum atomic E-state index is 12.5. The van der Waals surface area contributed by atoms with Crippen molar-refractivity contribution in [2.45, 2.75) is 38.8 Å². The summed E-state index contributed by atoms with van der Waals surface area (Å²) in [5.41, 5.74) is 1.95. The molecule has 0 aliphatic rings. The van der Waals surface area contributed by atoms with Crippen LogP contribution in [-0.2, 0) is 4.79 Å². The van der Waals surface area contributed by atoms with Crippen molar-refractivity contribution in [1.82, 2.24) is 24.6 Å². The van der Waals surface area contributed by atoms with Gasteiger partial charge < -0.3 is 16.0 Å². The second-order valence-corrected chi connectivity index (χ2v) is 7.57. The highest BCUT2D eigenvalue weighted by molar-refractivity contribution is 7.99. The zero-order valence-electron chi connectivity index (χ0n) is 17.1. The molecule has 2 heterocycles. The van der Waals surface area contributed by atoms with E-state index in [4.69, 9.17) is 0 Å². The maximum absolute atomic E-state index is 12.5. The van der Waals surface area contributed by atoms with E-state index in [0.717, 1.165) is 11.3 Å². The summed E-state index contributed by atoms with van der Waals surface area (Å²) in [5, 5.41) is 18.2. The number of rotatable bonds is 9. The summed E-state index contributed by atoms with van der Waals surface area (Å²) >= 11 is 1.29. The minimum Gasteiger partial charge on any atom is -0.355 e. The predicted octanol–water partition coefficient (Wildman–Crippen LogP) is 3.24. The molecule has 0 saturated heterocycles. The van der Waals surface area contributed by atoms with E-state index < -0.39 is 0 Å². The van der Waals surface area contributed by atoms with E-state index in [2.05, 4.69) is 50.0 Å². The van der Waals surface area contributed by atoms with Crippen molar-refractivity contribution in [1.29, 1.82) is 0 Å². The first-order chi connectivity index (χ1) is 14.0. The number of nitrogens with zero attached hydrogens (tertiary/aromatic N) is 5. The van der Waals surface area contributed by atoms with Crippen LogP contribution in [0.2, 0.25) is 0 Å². The van der Waals surface area contributed by atoms with Crippen molar-refractivity contribution < 1.29 is 4.79 Å². The monoisotopic (exact) mass is 414 g/mol. The molecule has 0 bridgehead atoms. The zero-order valence-corrected chi connectivity index (χ0v) is 17.9. The molecule has 2 aromatic heterocycles. The van der Waals surface area contributed by atoms with Gasteiger partial charge in [-0.05, 0) is 31.4 Å². The van der Waals surface area contributed by atoms with Gasteiger partial charge in [-0.15, -0.1) is 10.2 Å². The van der Waals surface area contributed by atoms with Gasteiger partial charge in [0.05, 0.1) is 5.75 Å². The van der Waals surface area contributed by atoms with E-state index >= 15 is 0 Å². The third-order valence-electron chi connectivity index (χ3n) is 4.10. The molecular formula is C19H26N8OS. The van der Waals surface area contributed by atoms with Crippen molar-refractivity contribution >= 4 is 41.0 Å².